The first-order valence-electron chi connectivity index (χ1n) is 9.82. The van der Waals surface area contributed by atoms with Gasteiger partial charge in [0.1, 0.15) is 0 Å². The van der Waals surface area contributed by atoms with Gasteiger partial charge in [-0.25, -0.2) is 4.68 Å². The van der Waals surface area contributed by atoms with Crippen LogP contribution in [0.1, 0.15) is 22.8 Å². The normalized spacial score (nSPS) is 14.9. The number of aromatic nitrogens is 3. The van der Waals surface area contributed by atoms with Crippen molar-refractivity contribution in [2.45, 2.75) is 20.5 Å². The molecule has 0 saturated carbocycles. The highest BCUT2D eigenvalue weighted by Gasteiger charge is 2.18. The van der Waals surface area contributed by atoms with Crippen LogP contribution in [0.5, 0.6) is 0 Å². The van der Waals surface area contributed by atoms with Gasteiger partial charge in [-0.1, -0.05) is 29.8 Å². The molecular formula is C22H25N5OS. The van der Waals surface area contributed by atoms with E-state index in [0.29, 0.717) is 11.4 Å². The molecule has 0 amide bonds. The number of nitrogens with zero attached hydrogens (tertiary/aromatic N) is 4. The number of benzene rings is 2. The Bertz CT molecular complexity index is 1040. The van der Waals surface area contributed by atoms with Crippen molar-refractivity contribution in [3.8, 4) is 11.4 Å². The Morgan fingerprint density at radius 3 is 2.31 bits per heavy atom. The van der Waals surface area contributed by atoms with E-state index in [-0.39, 0.29) is 5.78 Å². The maximum Gasteiger partial charge on any atom is 0.217 e. The molecule has 1 aliphatic heterocycles. The number of rotatable bonds is 5. The number of anilines is 1. The summed E-state index contributed by atoms with van der Waals surface area (Å²) in [4.78, 5) is 20.7. The third-order valence-corrected chi connectivity index (χ3v) is 5.67. The molecule has 150 valence electrons. The molecule has 0 bridgehead atoms. The van der Waals surface area contributed by atoms with Crippen molar-refractivity contribution >= 4 is 23.7 Å². The van der Waals surface area contributed by atoms with Crippen molar-refractivity contribution in [1.82, 2.24) is 19.7 Å². The van der Waals surface area contributed by atoms with Gasteiger partial charge in [0.05, 0.1) is 6.67 Å². The minimum absolute atomic E-state index is 0.0997. The summed E-state index contributed by atoms with van der Waals surface area (Å²) >= 11 is 5.46. The second-order valence-corrected chi connectivity index (χ2v) is 7.86. The molecule has 1 aromatic heterocycles. The van der Waals surface area contributed by atoms with E-state index in [1.165, 1.54) is 5.56 Å². The summed E-state index contributed by atoms with van der Waals surface area (Å²) in [7, 11) is 0. The first-order valence-corrected chi connectivity index (χ1v) is 10.2. The highest BCUT2D eigenvalue weighted by atomic mass is 32.1. The summed E-state index contributed by atoms with van der Waals surface area (Å²) in [5.74, 6) is 0.905. The zero-order valence-electron chi connectivity index (χ0n) is 16.8. The van der Waals surface area contributed by atoms with Crippen LogP contribution in [0.2, 0.25) is 0 Å². The van der Waals surface area contributed by atoms with Gasteiger partial charge in [-0.3, -0.25) is 14.8 Å². The standard InChI is InChI=1S/C22H25N5OS/c1-16-3-5-19(6-4-16)21-23-22(29)27(24-21)15-25-11-13-26(14-12-25)20-9-7-18(8-10-20)17(2)28/h3-10H,11-15H2,1-2H3,(H,23,24,29). The summed E-state index contributed by atoms with van der Waals surface area (Å²) in [6.07, 6.45) is 0. The first-order chi connectivity index (χ1) is 14.0. The Kier molecular flexibility index (Phi) is 5.60. The summed E-state index contributed by atoms with van der Waals surface area (Å²) in [6.45, 7) is 8.12. The maximum atomic E-state index is 11.4. The zero-order valence-corrected chi connectivity index (χ0v) is 17.6. The molecule has 4 rings (SSSR count). The molecule has 29 heavy (non-hydrogen) atoms. The molecule has 1 saturated heterocycles. The summed E-state index contributed by atoms with van der Waals surface area (Å²) in [5.41, 5.74) is 4.18. The molecule has 3 aromatic rings. The predicted molar refractivity (Wildman–Crippen MR) is 118 cm³/mol. The summed E-state index contributed by atoms with van der Waals surface area (Å²) < 4.78 is 2.50. The molecule has 0 atom stereocenters. The van der Waals surface area contributed by atoms with Crippen molar-refractivity contribution in [2.24, 2.45) is 0 Å². The van der Waals surface area contributed by atoms with Gasteiger partial charge in [0.25, 0.3) is 0 Å². The van der Waals surface area contributed by atoms with Crippen molar-refractivity contribution in [3.63, 3.8) is 0 Å². The summed E-state index contributed by atoms with van der Waals surface area (Å²) in [6, 6.07) is 16.1. The lowest BCUT2D eigenvalue weighted by Gasteiger charge is -2.36. The SMILES string of the molecule is CC(=O)c1ccc(N2CCN(Cn3[nH]c(-c4ccc(C)cc4)nc3=S)CC2)cc1. The number of carbonyl (C=O) groups excluding carboxylic acids is 1. The molecule has 1 fully saturated rings. The fraction of sp³-hybridized carbons (Fsp3) is 0.318. The fourth-order valence-electron chi connectivity index (χ4n) is 3.55. The van der Waals surface area contributed by atoms with E-state index in [1.54, 1.807) is 6.92 Å². The minimum atomic E-state index is 0.0997. The maximum absolute atomic E-state index is 11.4. The molecular weight excluding hydrogens is 382 g/mol. The smallest absolute Gasteiger partial charge is 0.217 e. The highest BCUT2D eigenvalue weighted by molar-refractivity contribution is 7.71. The molecule has 6 nitrogen and oxygen atoms in total. The molecule has 7 heteroatoms. The Labute approximate surface area is 175 Å². The number of carbonyl (C=O) groups is 1. The van der Waals surface area contributed by atoms with Crippen LogP contribution in [0.3, 0.4) is 0 Å². The first kappa shape index (κ1) is 19.5. The average Bonchev–Trinajstić information content (AvgIpc) is 3.09. The number of ketones is 1. The molecule has 2 heterocycles. The Balaban J connectivity index is 1.38. The molecule has 0 aliphatic carbocycles. The number of hydrogen-bond donors (Lipinski definition) is 1. The van der Waals surface area contributed by atoms with E-state index in [9.17, 15) is 4.79 Å². The number of hydrogen-bond acceptors (Lipinski definition) is 5. The number of Topliss-reactive ketones (excluding diaryl/α,β-unsaturated/α-hetero) is 1. The van der Waals surface area contributed by atoms with Crippen LogP contribution in [-0.4, -0.2) is 51.6 Å². The molecule has 1 aliphatic rings. The summed E-state index contributed by atoms with van der Waals surface area (Å²) in [5, 5.41) is 3.34. The molecule has 0 unspecified atom stereocenters. The molecule has 0 radical (unpaired) electrons. The van der Waals surface area contributed by atoms with Crippen molar-refractivity contribution in [3.05, 3.63) is 64.4 Å². The van der Waals surface area contributed by atoms with Crippen LogP contribution in [0, 0.1) is 11.7 Å². The number of H-pyrrole nitrogens is 1. The van der Waals surface area contributed by atoms with Gasteiger partial charge in [0.2, 0.25) is 4.77 Å². The number of piperazine rings is 1. The van der Waals surface area contributed by atoms with Crippen molar-refractivity contribution in [2.75, 3.05) is 31.1 Å². The quantitative estimate of drug-likeness (QED) is 0.514. The van der Waals surface area contributed by atoms with Gasteiger partial charge in [0.15, 0.2) is 11.6 Å². The number of aromatic amines is 1. The van der Waals surface area contributed by atoms with E-state index in [2.05, 4.69) is 51.1 Å². The van der Waals surface area contributed by atoms with Gasteiger partial charge in [-0.05, 0) is 50.3 Å². The Morgan fingerprint density at radius 1 is 1.03 bits per heavy atom. The van der Waals surface area contributed by atoms with Crippen molar-refractivity contribution in [1.29, 1.82) is 0 Å². The van der Waals surface area contributed by atoms with Crippen LogP contribution in [-0.2, 0) is 6.67 Å². The lowest BCUT2D eigenvalue weighted by atomic mass is 10.1. The van der Waals surface area contributed by atoms with E-state index >= 15 is 0 Å². The van der Waals surface area contributed by atoms with E-state index in [4.69, 9.17) is 12.2 Å². The second kappa shape index (κ2) is 8.31. The van der Waals surface area contributed by atoms with Gasteiger partial charge in [0, 0.05) is 43.0 Å². The Morgan fingerprint density at radius 2 is 1.69 bits per heavy atom. The van der Waals surface area contributed by atoms with Crippen LogP contribution >= 0.6 is 12.2 Å². The predicted octanol–water partition coefficient (Wildman–Crippen LogP) is 3.90. The van der Waals surface area contributed by atoms with E-state index in [1.807, 2.05) is 28.9 Å². The third kappa shape index (κ3) is 4.46. The monoisotopic (exact) mass is 407 g/mol. The van der Waals surface area contributed by atoms with Crippen molar-refractivity contribution < 1.29 is 4.79 Å². The topological polar surface area (TPSA) is 57.2 Å². The largest absolute Gasteiger partial charge is 0.369 e. The third-order valence-electron chi connectivity index (χ3n) is 5.36. The molecule has 2 aromatic carbocycles. The van der Waals surface area contributed by atoms with E-state index in [0.717, 1.165) is 48.8 Å². The van der Waals surface area contributed by atoms with Crippen LogP contribution in [0.15, 0.2) is 48.5 Å². The van der Waals surface area contributed by atoms with Crippen LogP contribution < -0.4 is 4.90 Å². The molecule has 0 spiro atoms. The average molecular weight is 408 g/mol. The minimum Gasteiger partial charge on any atom is -0.369 e. The Hall–Kier alpha value is -2.77. The second-order valence-electron chi connectivity index (χ2n) is 7.50. The van der Waals surface area contributed by atoms with Crippen LogP contribution in [0.4, 0.5) is 5.69 Å². The fourth-order valence-corrected chi connectivity index (χ4v) is 3.74. The zero-order chi connectivity index (χ0) is 20.4. The number of aryl methyl sites for hydroxylation is 1. The highest BCUT2D eigenvalue weighted by Crippen LogP contribution is 2.19. The van der Waals surface area contributed by atoms with Crippen LogP contribution in [0.25, 0.3) is 11.4 Å². The van der Waals surface area contributed by atoms with E-state index < -0.39 is 0 Å². The lowest BCUT2D eigenvalue weighted by Crippen LogP contribution is -2.47. The van der Waals surface area contributed by atoms with Gasteiger partial charge in [-0.15, -0.1) is 0 Å². The van der Waals surface area contributed by atoms with Gasteiger partial charge < -0.3 is 4.90 Å². The molecule has 1 N–H and O–H groups in total. The lowest BCUT2D eigenvalue weighted by molar-refractivity contribution is 0.101. The number of nitrogens with one attached hydrogen (secondary N) is 1. The van der Waals surface area contributed by atoms with Gasteiger partial charge >= 0.3 is 0 Å². The van der Waals surface area contributed by atoms with Gasteiger partial charge in [-0.2, -0.15) is 4.98 Å².